The Bertz CT molecular complexity index is 633. The van der Waals surface area contributed by atoms with E-state index in [-0.39, 0.29) is 0 Å². The highest BCUT2D eigenvalue weighted by Crippen LogP contribution is 2.39. The summed E-state index contributed by atoms with van der Waals surface area (Å²) >= 11 is 0. The van der Waals surface area contributed by atoms with Gasteiger partial charge in [0.15, 0.2) is 0 Å². The molecule has 0 unspecified atom stereocenters. The average Bonchev–Trinajstić information content (AvgIpc) is 2.54. The average molecular weight is 262 g/mol. The minimum Gasteiger partial charge on any atom is -0.385 e. The van der Waals surface area contributed by atoms with Crippen molar-refractivity contribution in [1.29, 1.82) is 0 Å². The molecule has 0 spiro atoms. The van der Waals surface area contributed by atoms with Gasteiger partial charge in [0, 0.05) is 36.6 Å². The van der Waals surface area contributed by atoms with E-state index in [9.17, 15) is 0 Å². The van der Waals surface area contributed by atoms with Crippen molar-refractivity contribution in [1.82, 2.24) is 0 Å². The normalized spacial score (nSPS) is 17.1. The summed E-state index contributed by atoms with van der Waals surface area (Å²) < 4.78 is 0. The highest BCUT2D eigenvalue weighted by Gasteiger charge is 2.22. The smallest absolute Gasteiger partial charge is 0.0464 e. The molecule has 100 valence electrons. The monoisotopic (exact) mass is 262 g/mol. The summed E-state index contributed by atoms with van der Waals surface area (Å²) in [7, 11) is 0. The van der Waals surface area contributed by atoms with Gasteiger partial charge in [-0.2, -0.15) is 0 Å². The molecular formula is C18H18N2. The lowest BCUT2D eigenvalue weighted by Gasteiger charge is -2.34. The van der Waals surface area contributed by atoms with Gasteiger partial charge in [-0.3, -0.25) is 0 Å². The van der Waals surface area contributed by atoms with Gasteiger partial charge < -0.3 is 10.2 Å². The fourth-order valence-electron chi connectivity index (χ4n) is 3.28. The molecule has 0 atom stereocenters. The van der Waals surface area contributed by atoms with Crippen molar-refractivity contribution in [3.8, 4) is 0 Å². The minimum absolute atomic E-state index is 0.994. The van der Waals surface area contributed by atoms with E-state index in [1.807, 2.05) is 0 Å². The predicted octanol–water partition coefficient (Wildman–Crippen LogP) is 4.02. The van der Waals surface area contributed by atoms with Crippen LogP contribution in [0.3, 0.4) is 0 Å². The van der Waals surface area contributed by atoms with Crippen LogP contribution in [0.5, 0.6) is 0 Å². The maximum absolute atomic E-state index is 3.52. The van der Waals surface area contributed by atoms with Crippen molar-refractivity contribution in [2.45, 2.75) is 19.3 Å². The molecule has 0 amide bonds. The van der Waals surface area contributed by atoms with Crippen LogP contribution in [0, 0.1) is 6.42 Å². The Balaban J connectivity index is 1.83. The van der Waals surface area contributed by atoms with E-state index in [4.69, 9.17) is 0 Å². The van der Waals surface area contributed by atoms with E-state index in [2.05, 4.69) is 59.1 Å². The number of anilines is 3. The number of nitrogens with zero attached hydrogens (tertiary/aromatic N) is 1. The first-order chi connectivity index (χ1) is 9.93. The van der Waals surface area contributed by atoms with Gasteiger partial charge in [0.05, 0.1) is 0 Å². The van der Waals surface area contributed by atoms with Gasteiger partial charge in [-0.05, 0) is 48.6 Å². The van der Waals surface area contributed by atoms with Gasteiger partial charge in [0.25, 0.3) is 0 Å². The van der Waals surface area contributed by atoms with Crippen molar-refractivity contribution < 1.29 is 0 Å². The lowest BCUT2D eigenvalue weighted by Crippen LogP contribution is -2.26. The summed E-state index contributed by atoms with van der Waals surface area (Å²) in [4.78, 5) is 2.46. The Labute approximate surface area is 120 Å². The highest BCUT2D eigenvalue weighted by atomic mass is 15.1. The third-order valence-corrected chi connectivity index (χ3v) is 4.21. The molecule has 2 heteroatoms. The van der Waals surface area contributed by atoms with Crippen LogP contribution in [0.25, 0.3) is 0 Å². The number of rotatable bonds is 1. The Morgan fingerprint density at radius 2 is 1.90 bits per heavy atom. The Morgan fingerprint density at radius 3 is 2.90 bits per heavy atom. The fourth-order valence-corrected chi connectivity index (χ4v) is 3.28. The minimum atomic E-state index is 0.994. The number of fused-ring (bicyclic) bond motifs is 2. The predicted molar refractivity (Wildman–Crippen MR) is 83.7 cm³/mol. The second-order valence-corrected chi connectivity index (χ2v) is 5.43. The Kier molecular flexibility index (Phi) is 2.87. The highest BCUT2D eigenvalue weighted by molar-refractivity contribution is 5.76. The van der Waals surface area contributed by atoms with E-state index in [0.717, 1.165) is 19.5 Å². The lowest BCUT2D eigenvalue weighted by molar-refractivity contribution is 0.812. The molecule has 4 rings (SSSR count). The summed E-state index contributed by atoms with van der Waals surface area (Å²) in [6, 6.07) is 15.2. The van der Waals surface area contributed by atoms with Gasteiger partial charge in [0.2, 0.25) is 0 Å². The SMILES string of the molecule is [C]1CCN(c2cccc3c2CCCN3)c2ccccc21. The van der Waals surface area contributed by atoms with Crippen LogP contribution in [0.4, 0.5) is 17.1 Å². The van der Waals surface area contributed by atoms with Crippen molar-refractivity contribution in [2.75, 3.05) is 23.3 Å². The molecule has 0 saturated carbocycles. The summed E-state index contributed by atoms with van der Waals surface area (Å²) in [5.41, 5.74) is 6.67. The first-order valence-electron chi connectivity index (χ1n) is 7.40. The molecule has 0 aliphatic carbocycles. The molecule has 2 aromatic carbocycles. The fraction of sp³-hybridized carbons (Fsp3) is 0.278. The number of nitrogens with one attached hydrogen (secondary N) is 1. The second-order valence-electron chi connectivity index (χ2n) is 5.43. The van der Waals surface area contributed by atoms with E-state index >= 15 is 0 Å². The van der Waals surface area contributed by atoms with Crippen molar-refractivity contribution >= 4 is 17.1 Å². The molecule has 2 heterocycles. The summed E-state index contributed by atoms with van der Waals surface area (Å²) in [5, 5.41) is 3.52. The van der Waals surface area contributed by atoms with Crippen molar-refractivity contribution in [3.05, 3.63) is 60.0 Å². The number of hydrogen-bond acceptors (Lipinski definition) is 2. The van der Waals surface area contributed by atoms with Gasteiger partial charge in [0.1, 0.15) is 0 Å². The largest absolute Gasteiger partial charge is 0.385 e. The maximum atomic E-state index is 3.52. The zero-order chi connectivity index (χ0) is 13.4. The van der Waals surface area contributed by atoms with E-state index in [0.29, 0.717) is 0 Å². The molecule has 0 fully saturated rings. The standard InChI is InChI=1S/C18H18N2/c1-2-10-17-14(6-1)7-5-13-20(17)18-11-3-9-16-15(18)8-4-12-19-16/h1-3,6,9-11,19H,4-5,8,12-13H2. The first-order valence-corrected chi connectivity index (χ1v) is 7.40. The lowest BCUT2D eigenvalue weighted by atomic mass is 9.96. The zero-order valence-electron chi connectivity index (χ0n) is 11.5. The van der Waals surface area contributed by atoms with Crippen LogP contribution in [0.2, 0.25) is 0 Å². The summed E-state index contributed by atoms with van der Waals surface area (Å²) in [6.45, 7) is 2.11. The third kappa shape index (κ3) is 1.87. The van der Waals surface area contributed by atoms with Crippen LogP contribution in [0.1, 0.15) is 24.0 Å². The molecule has 2 aliphatic heterocycles. The first kappa shape index (κ1) is 11.8. The van der Waals surface area contributed by atoms with Crippen LogP contribution in [0.15, 0.2) is 42.5 Å². The van der Waals surface area contributed by atoms with Gasteiger partial charge in [-0.15, -0.1) is 0 Å². The summed E-state index contributed by atoms with van der Waals surface area (Å²) in [6.07, 6.45) is 6.87. The molecule has 2 aliphatic rings. The van der Waals surface area contributed by atoms with Crippen molar-refractivity contribution in [2.24, 2.45) is 0 Å². The van der Waals surface area contributed by atoms with Gasteiger partial charge in [-0.25, -0.2) is 0 Å². The molecule has 2 radical (unpaired) electrons. The molecular weight excluding hydrogens is 244 g/mol. The van der Waals surface area contributed by atoms with Crippen LogP contribution < -0.4 is 10.2 Å². The number of benzene rings is 2. The molecule has 0 aromatic heterocycles. The Morgan fingerprint density at radius 1 is 1.00 bits per heavy atom. The zero-order valence-corrected chi connectivity index (χ0v) is 11.5. The van der Waals surface area contributed by atoms with Crippen LogP contribution in [-0.2, 0) is 6.42 Å². The van der Waals surface area contributed by atoms with Crippen LogP contribution >= 0.6 is 0 Å². The van der Waals surface area contributed by atoms with E-state index in [1.54, 1.807) is 0 Å². The van der Waals surface area contributed by atoms with E-state index < -0.39 is 0 Å². The third-order valence-electron chi connectivity index (χ3n) is 4.21. The molecule has 2 aromatic rings. The second kappa shape index (κ2) is 4.86. The number of para-hydroxylation sites is 1. The Hall–Kier alpha value is -1.96. The molecule has 2 nitrogen and oxygen atoms in total. The molecule has 1 N–H and O–H groups in total. The molecule has 20 heavy (non-hydrogen) atoms. The summed E-state index contributed by atoms with van der Waals surface area (Å²) in [5.74, 6) is 0. The quantitative estimate of drug-likeness (QED) is 0.835. The molecule has 0 bridgehead atoms. The van der Waals surface area contributed by atoms with Crippen molar-refractivity contribution in [3.63, 3.8) is 0 Å². The van der Waals surface area contributed by atoms with Gasteiger partial charge >= 0.3 is 0 Å². The van der Waals surface area contributed by atoms with Crippen LogP contribution in [-0.4, -0.2) is 13.1 Å². The number of hydrogen-bond donors (Lipinski definition) is 1. The topological polar surface area (TPSA) is 15.3 Å². The molecule has 0 saturated heterocycles. The van der Waals surface area contributed by atoms with Gasteiger partial charge in [-0.1, -0.05) is 24.3 Å². The van der Waals surface area contributed by atoms with E-state index in [1.165, 1.54) is 41.0 Å². The maximum Gasteiger partial charge on any atom is 0.0464 e.